The molecule has 3 aliphatic rings. The van der Waals surface area contributed by atoms with Crippen molar-refractivity contribution in [2.24, 2.45) is 5.92 Å². The number of thiophene rings is 1. The van der Waals surface area contributed by atoms with E-state index in [4.69, 9.17) is 0 Å². The fraction of sp³-hybridized carbons (Fsp3) is 0.500. The van der Waals surface area contributed by atoms with Crippen LogP contribution in [0, 0.1) is 5.92 Å². The number of nitrogens with zero attached hydrogens (tertiary/aromatic N) is 2. The molecule has 2 N–H and O–H groups in total. The normalized spacial score (nSPS) is 22.0. The number of fused-ring (bicyclic) bond motifs is 1. The number of hydrogen-bond acceptors (Lipinski definition) is 5. The Hall–Kier alpha value is -2.05. The van der Waals surface area contributed by atoms with Crippen LogP contribution in [0.3, 0.4) is 0 Å². The standard InChI is InChI=1S/C30H38N2O2S/c33-22-30(27-12-6-7-17-31-27,29(34)25-9-2-1-3-10-25)16-20-32-18-13-23(14-19-32)26-11-5-4-8-24-15-21-35-28(24)26/h4,6-8,11-13,15,17,21,25,29,33-34H,1-3,5,9-10,14,16,18-20,22H2. The quantitative estimate of drug-likeness (QED) is 0.488. The molecule has 0 amide bonds. The zero-order chi connectivity index (χ0) is 24.1. The van der Waals surface area contributed by atoms with E-state index in [0.717, 1.165) is 51.0 Å². The highest BCUT2D eigenvalue weighted by atomic mass is 32.1. The van der Waals surface area contributed by atoms with Crippen molar-refractivity contribution in [3.05, 3.63) is 75.8 Å². The van der Waals surface area contributed by atoms with E-state index in [0.29, 0.717) is 6.42 Å². The number of pyridine rings is 1. The first-order valence-corrected chi connectivity index (χ1v) is 14.2. The van der Waals surface area contributed by atoms with Gasteiger partial charge in [0.1, 0.15) is 0 Å². The third-order valence-corrected chi connectivity index (χ3v) is 9.29. The number of aliphatic hydroxyl groups is 2. The molecule has 0 spiro atoms. The molecule has 3 heterocycles. The minimum absolute atomic E-state index is 0.0718. The molecule has 1 saturated carbocycles. The molecule has 1 fully saturated rings. The summed E-state index contributed by atoms with van der Waals surface area (Å²) < 4.78 is 0. The van der Waals surface area contributed by atoms with Crippen LogP contribution in [0.2, 0.25) is 0 Å². The summed E-state index contributed by atoms with van der Waals surface area (Å²) in [7, 11) is 0. The number of aromatic nitrogens is 1. The molecule has 0 aromatic carbocycles. The molecule has 2 unspecified atom stereocenters. The second kappa shape index (κ2) is 11.3. The monoisotopic (exact) mass is 490 g/mol. The highest BCUT2D eigenvalue weighted by molar-refractivity contribution is 7.11. The summed E-state index contributed by atoms with van der Waals surface area (Å²) >= 11 is 1.84. The lowest BCUT2D eigenvalue weighted by atomic mass is 9.68. The maximum Gasteiger partial charge on any atom is 0.0702 e. The fourth-order valence-corrected chi connectivity index (χ4v) is 7.14. The van der Waals surface area contributed by atoms with Gasteiger partial charge in [-0.1, -0.05) is 49.6 Å². The predicted octanol–water partition coefficient (Wildman–Crippen LogP) is 5.84. The average Bonchev–Trinajstić information content (AvgIpc) is 3.30. The third-order valence-electron chi connectivity index (χ3n) is 8.33. The maximum absolute atomic E-state index is 11.6. The molecule has 2 aliphatic carbocycles. The molecular formula is C30H38N2O2S. The minimum Gasteiger partial charge on any atom is -0.395 e. The Morgan fingerprint density at radius 2 is 2.03 bits per heavy atom. The average molecular weight is 491 g/mol. The van der Waals surface area contributed by atoms with Crippen molar-refractivity contribution < 1.29 is 10.2 Å². The van der Waals surface area contributed by atoms with Crippen molar-refractivity contribution in [1.29, 1.82) is 0 Å². The van der Waals surface area contributed by atoms with Gasteiger partial charge < -0.3 is 10.2 Å². The summed E-state index contributed by atoms with van der Waals surface area (Å²) in [6, 6.07) is 8.09. The summed E-state index contributed by atoms with van der Waals surface area (Å²) in [4.78, 5) is 8.50. The van der Waals surface area contributed by atoms with Gasteiger partial charge in [0.05, 0.1) is 23.8 Å². The second-order valence-electron chi connectivity index (χ2n) is 10.4. The Kier molecular flexibility index (Phi) is 7.98. The molecule has 35 heavy (non-hydrogen) atoms. The van der Waals surface area contributed by atoms with Crippen LogP contribution in [0.1, 0.15) is 67.5 Å². The third kappa shape index (κ3) is 5.24. The summed E-state index contributed by atoms with van der Waals surface area (Å²) in [6.45, 7) is 2.68. The molecular weight excluding hydrogens is 452 g/mol. The van der Waals surface area contributed by atoms with Crippen LogP contribution in [-0.2, 0) is 5.41 Å². The van der Waals surface area contributed by atoms with Gasteiger partial charge in [-0.2, -0.15) is 0 Å². The van der Waals surface area contributed by atoms with Crippen molar-refractivity contribution in [3.8, 4) is 0 Å². The zero-order valence-electron chi connectivity index (χ0n) is 20.6. The molecule has 5 rings (SSSR count). The topological polar surface area (TPSA) is 56.6 Å². The zero-order valence-corrected chi connectivity index (χ0v) is 21.4. The van der Waals surface area contributed by atoms with Crippen molar-refractivity contribution in [2.45, 2.75) is 62.9 Å². The molecule has 0 bridgehead atoms. The van der Waals surface area contributed by atoms with Crippen molar-refractivity contribution >= 4 is 23.0 Å². The molecule has 0 saturated heterocycles. The molecule has 186 valence electrons. The Labute approximate surface area is 213 Å². The van der Waals surface area contributed by atoms with E-state index in [1.807, 2.05) is 29.5 Å². The maximum atomic E-state index is 11.6. The number of aliphatic hydroxyl groups excluding tert-OH is 2. The largest absolute Gasteiger partial charge is 0.395 e. The highest BCUT2D eigenvalue weighted by Crippen LogP contribution is 2.40. The molecule has 4 nitrogen and oxygen atoms in total. The van der Waals surface area contributed by atoms with Gasteiger partial charge in [0, 0.05) is 24.2 Å². The van der Waals surface area contributed by atoms with Gasteiger partial charge in [0.25, 0.3) is 0 Å². The minimum atomic E-state index is -0.714. The first-order valence-electron chi connectivity index (χ1n) is 13.3. The van der Waals surface area contributed by atoms with Gasteiger partial charge in [0.2, 0.25) is 0 Å². The molecule has 5 heteroatoms. The van der Waals surface area contributed by atoms with E-state index >= 15 is 0 Å². The Morgan fingerprint density at radius 1 is 1.14 bits per heavy atom. The van der Waals surface area contributed by atoms with Gasteiger partial charge in [-0.05, 0) is 84.9 Å². The van der Waals surface area contributed by atoms with Crippen LogP contribution in [-0.4, -0.2) is 52.4 Å². The van der Waals surface area contributed by atoms with E-state index in [-0.39, 0.29) is 12.5 Å². The smallest absolute Gasteiger partial charge is 0.0702 e. The first kappa shape index (κ1) is 24.6. The molecule has 2 atom stereocenters. The van der Waals surface area contributed by atoms with Gasteiger partial charge in [-0.3, -0.25) is 9.88 Å². The SMILES string of the molecule is OCC(CCN1CC=C(C2=CCC=Cc3ccsc32)CC1)(c1ccccn1)C(O)C1CCCCC1. The second-order valence-corrected chi connectivity index (χ2v) is 11.3. The lowest BCUT2D eigenvalue weighted by molar-refractivity contribution is -0.0240. The van der Waals surface area contributed by atoms with Crippen LogP contribution < -0.4 is 0 Å². The van der Waals surface area contributed by atoms with E-state index < -0.39 is 11.5 Å². The number of rotatable bonds is 8. The van der Waals surface area contributed by atoms with Gasteiger partial charge >= 0.3 is 0 Å². The summed E-state index contributed by atoms with van der Waals surface area (Å²) in [5.41, 5.74) is 4.31. The number of allylic oxidation sites excluding steroid dienone is 3. The van der Waals surface area contributed by atoms with Crippen molar-refractivity contribution in [2.75, 3.05) is 26.2 Å². The van der Waals surface area contributed by atoms with Crippen LogP contribution >= 0.6 is 11.3 Å². The van der Waals surface area contributed by atoms with Crippen molar-refractivity contribution in [1.82, 2.24) is 9.88 Å². The van der Waals surface area contributed by atoms with Gasteiger partial charge in [-0.15, -0.1) is 11.3 Å². The van der Waals surface area contributed by atoms with E-state index in [9.17, 15) is 10.2 Å². The van der Waals surface area contributed by atoms with E-state index in [1.54, 1.807) is 6.20 Å². The van der Waals surface area contributed by atoms with Crippen LogP contribution in [0.4, 0.5) is 0 Å². The van der Waals surface area contributed by atoms with Crippen LogP contribution in [0.15, 0.2) is 59.6 Å². The Bertz CT molecular complexity index is 1070. The predicted molar refractivity (Wildman–Crippen MR) is 145 cm³/mol. The van der Waals surface area contributed by atoms with Gasteiger partial charge in [-0.25, -0.2) is 0 Å². The number of hydrogen-bond donors (Lipinski definition) is 2. The molecule has 2 aromatic heterocycles. The summed E-state index contributed by atoms with van der Waals surface area (Å²) in [5, 5.41) is 24.6. The molecule has 1 aliphatic heterocycles. The fourth-order valence-electron chi connectivity index (χ4n) is 6.18. The lowest BCUT2D eigenvalue weighted by Gasteiger charge is -2.42. The lowest BCUT2D eigenvalue weighted by Crippen LogP contribution is -2.50. The Balaban J connectivity index is 1.30. The van der Waals surface area contributed by atoms with Crippen molar-refractivity contribution in [3.63, 3.8) is 0 Å². The van der Waals surface area contributed by atoms with Gasteiger partial charge in [0.15, 0.2) is 0 Å². The van der Waals surface area contributed by atoms with Crippen LogP contribution in [0.25, 0.3) is 11.6 Å². The van der Waals surface area contributed by atoms with Crippen LogP contribution in [0.5, 0.6) is 0 Å². The van der Waals surface area contributed by atoms with E-state index in [2.05, 4.69) is 45.6 Å². The highest BCUT2D eigenvalue weighted by Gasteiger charge is 2.44. The molecule has 2 aromatic rings. The Morgan fingerprint density at radius 3 is 2.77 bits per heavy atom. The molecule has 0 radical (unpaired) electrons. The summed E-state index contributed by atoms with van der Waals surface area (Å²) in [6.07, 6.45) is 18.9. The first-order chi connectivity index (χ1) is 17.2. The summed E-state index contributed by atoms with van der Waals surface area (Å²) in [5.74, 6) is 0.238. The van der Waals surface area contributed by atoms with E-state index in [1.165, 1.54) is 40.8 Å².